The number of ether oxygens (including phenoxy) is 1. The van der Waals surface area contributed by atoms with Crippen molar-refractivity contribution in [2.45, 2.75) is 25.6 Å². The molecular formula is C26H29F2N5O3. The molecule has 0 aliphatic heterocycles. The molecule has 2 aromatic carbocycles. The first-order chi connectivity index (χ1) is 17.2. The molecule has 36 heavy (non-hydrogen) atoms. The zero-order valence-electron chi connectivity index (χ0n) is 20.1. The Labute approximate surface area is 208 Å². The molecule has 0 saturated heterocycles. The minimum absolute atomic E-state index is 0.0169. The number of hydrogen-bond donors (Lipinski definition) is 3. The summed E-state index contributed by atoms with van der Waals surface area (Å²) in [7, 11) is 3.37. The average Bonchev–Trinajstić information content (AvgIpc) is 2.85. The second-order valence-corrected chi connectivity index (χ2v) is 8.40. The lowest BCUT2D eigenvalue weighted by Crippen LogP contribution is -2.50. The SMILES string of the molecule is COc1ccc(CN(C)CC(=O)N[C@@H](Cc2ccc(F)c(F)c2)C(=O)NCc2ccc(N)nc2)cc1. The number of benzene rings is 2. The van der Waals surface area contributed by atoms with Crippen molar-refractivity contribution in [2.24, 2.45) is 0 Å². The molecule has 0 bridgehead atoms. The molecule has 0 radical (unpaired) electrons. The fourth-order valence-corrected chi connectivity index (χ4v) is 3.55. The molecule has 0 fully saturated rings. The van der Waals surface area contributed by atoms with Crippen LogP contribution in [0.2, 0.25) is 0 Å². The van der Waals surface area contributed by atoms with E-state index in [1.54, 1.807) is 31.2 Å². The molecule has 0 aliphatic rings. The number of nitrogens with zero attached hydrogens (tertiary/aromatic N) is 2. The fourth-order valence-electron chi connectivity index (χ4n) is 3.55. The number of nitrogens with one attached hydrogen (secondary N) is 2. The van der Waals surface area contributed by atoms with Gasteiger partial charge in [-0.25, -0.2) is 13.8 Å². The monoisotopic (exact) mass is 497 g/mol. The molecule has 4 N–H and O–H groups in total. The van der Waals surface area contributed by atoms with Crippen LogP contribution in [0.3, 0.4) is 0 Å². The number of likely N-dealkylation sites (N-methyl/N-ethyl adjacent to an activating group) is 1. The zero-order valence-corrected chi connectivity index (χ0v) is 20.1. The molecule has 1 atom stereocenters. The first kappa shape index (κ1) is 26.6. The van der Waals surface area contributed by atoms with Gasteiger partial charge in [0.2, 0.25) is 11.8 Å². The molecule has 2 amide bonds. The van der Waals surface area contributed by atoms with Gasteiger partial charge < -0.3 is 21.1 Å². The number of methoxy groups -OCH3 is 1. The van der Waals surface area contributed by atoms with Gasteiger partial charge in [0.1, 0.15) is 17.6 Å². The normalized spacial score (nSPS) is 11.7. The number of rotatable bonds is 11. The lowest BCUT2D eigenvalue weighted by Gasteiger charge is -2.21. The van der Waals surface area contributed by atoms with Crippen LogP contribution >= 0.6 is 0 Å². The highest BCUT2D eigenvalue weighted by Gasteiger charge is 2.22. The van der Waals surface area contributed by atoms with Crippen LogP contribution < -0.4 is 21.1 Å². The zero-order chi connectivity index (χ0) is 26.1. The topological polar surface area (TPSA) is 110 Å². The predicted octanol–water partition coefficient (Wildman–Crippen LogP) is 2.43. The summed E-state index contributed by atoms with van der Waals surface area (Å²) in [5.74, 6) is -1.78. The lowest BCUT2D eigenvalue weighted by atomic mass is 10.0. The van der Waals surface area contributed by atoms with E-state index in [1.165, 1.54) is 12.3 Å². The van der Waals surface area contributed by atoms with Crippen LogP contribution in [0.1, 0.15) is 16.7 Å². The highest BCUT2D eigenvalue weighted by Crippen LogP contribution is 2.13. The maximum atomic E-state index is 13.7. The molecule has 1 aromatic heterocycles. The Morgan fingerprint density at radius 3 is 2.36 bits per heavy atom. The summed E-state index contributed by atoms with van der Waals surface area (Å²) >= 11 is 0. The third kappa shape index (κ3) is 8.02. The number of hydrogen-bond acceptors (Lipinski definition) is 6. The number of aromatic nitrogens is 1. The van der Waals surface area contributed by atoms with Crippen molar-refractivity contribution < 1.29 is 23.1 Å². The summed E-state index contributed by atoms with van der Waals surface area (Å²) in [6, 6.07) is 13.2. The third-order valence-electron chi connectivity index (χ3n) is 5.41. The van der Waals surface area contributed by atoms with Gasteiger partial charge in [0.15, 0.2) is 11.6 Å². The Morgan fingerprint density at radius 2 is 1.72 bits per heavy atom. The standard InChI is InChI=1S/C26H29F2N5O3/c1-33(15-17-3-7-20(36-2)8-4-17)16-25(34)32-23(12-18-5-9-21(27)22(28)11-18)26(35)31-14-19-6-10-24(29)30-13-19/h3-11,13,23H,12,14-16H2,1-2H3,(H2,29,30)(H,31,35)(H,32,34)/t23-/m0/s1. The molecule has 0 unspecified atom stereocenters. The van der Waals surface area contributed by atoms with E-state index in [1.807, 2.05) is 24.3 Å². The minimum Gasteiger partial charge on any atom is -0.497 e. The van der Waals surface area contributed by atoms with Gasteiger partial charge in [-0.15, -0.1) is 0 Å². The van der Waals surface area contributed by atoms with E-state index in [9.17, 15) is 18.4 Å². The number of pyridine rings is 1. The van der Waals surface area contributed by atoms with Crippen LogP contribution in [-0.2, 0) is 29.1 Å². The molecule has 0 aliphatic carbocycles. The molecule has 0 saturated carbocycles. The molecule has 8 nitrogen and oxygen atoms in total. The van der Waals surface area contributed by atoms with Crippen LogP contribution in [0.4, 0.5) is 14.6 Å². The van der Waals surface area contributed by atoms with E-state index in [2.05, 4.69) is 15.6 Å². The van der Waals surface area contributed by atoms with Crippen LogP contribution in [0.5, 0.6) is 5.75 Å². The first-order valence-corrected chi connectivity index (χ1v) is 11.3. The van der Waals surface area contributed by atoms with E-state index in [-0.39, 0.29) is 25.4 Å². The predicted molar refractivity (Wildman–Crippen MR) is 132 cm³/mol. The summed E-state index contributed by atoms with van der Waals surface area (Å²) in [6.45, 7) is 0.685. The number of halogens is 2. The van der Waals surface area contributed by atoms with Crippen molar-refractivity contribution in [1.29, 1.82) is 0 Å². The van der Waals surface area contributed by atoms with Gasteiger partial charge in [0.05, 0.1) is 13.7 Å². The molecule has 10 heteroatoms. The molecular weight excluding hydrogens is 468 g/mol. The number of carbonyl (C=O) groups excluding carboxylic acids is 2. The Kier molecular flexibility index (Phi) is 9.29. The Hall–Kier alpha value is -4.05. The van der Waals surface area contributed by atoms with Crippen LogP contribution in [0.25, 0.3) is 0 Å². The van der Waals surface area contributed by atoms with Crippen molar-refractivity contribution >= 4 is 17.6 Å². The minimum atomic E-state index is -1.02. The average molecular weight is 498 g/mol. The van der Waals surface area contributed by atoms with Gasteiger partial charge in [-0.2, -0.15) is 0 Å². The maximum absolute atomic E-state index is 13.7. The van der Waals surface area contributed by atoms with Gasteiger partial charge in [-0.1, -0.05) is 24.3 Å². The summed E-state index contributed by atoms with van der Waals surface area (Å²) in [5, 5.41) is 5.46. The van der Waals surface area contributed by atoms with Gasteiger partial charge >= 0.3 is 0 Å². The Bertz CT molecular complexity index is 1170. The second-order valence-electron chi connectivity index (χ2n) is 8.40. The van der Waals surface area contributed by atoms with Gasteiger partial charge in [0.25, 0.3) is 0 Å². The molecule has 0 spiro atoms. The highest BCUT2D eigenvalue weighted by molar-refractivity contribution is 5.88. The number of anilines is 1. The van der Waals surface area contributed by atoms with Gasteiger partial charge in [-0.05, 0) is 54.1 Å². The smallest absolute Gasteiger partial charge is 0.243 e. The highest BCUT2D eigenvalue weighted by atomic mass is 19.2. The second kappa shape index (κ2) is 12.6. The van der Waals surface area contributed by atoms with Crippen molar-refractivity contribution in [2.75, 3.05) is 26.4 Å². The summed E-state index contributed by atoms with van der Waals surface area (Å²) in [5.41, 5.74) is 7.66. The largest absolute Gasteiger partial charge is 0.497 e. The van der Waals surface area contributed by atoms with Crippen LogP contribution in [0, 0.1) is 11.6 Å². The van der Waals surface area contributed by atoms with Crippen molar-refractivity contribution in [1.82, 2.24) is 20.5 Å². The Morgan fingerprint density at radius 1 is 1.03 bits per heavy atom. The van der Waals surface area contributed by atoms with Crippen LogP contribution in [0.15, 0.2) is 60.8 Å². The van der Waals surface area contributed by atoms with E-state index >= 15 is 0 Å². The summed E-state index contributed by atoms with van der Waals surface area (Å²) in [6.07, 6.45) is 1.52. The van der Waals surface area contributed by atoms with Crippen molar-refractivity contribution in [3.63, 3.8) is 0 Å². The molecule has 3 rings (SSSR count). The van der Waals surface area contributed by atoms with E-state index in [0.29, 0.717) is 17.9 Å². The Balaban J connectivity index is 1.64. The van der Waals surface area contributed by atoms with Gasteiger partial charge in [-0.3, -0.25) is 14.5 Å². The summed E-state index contributed by atoms with van der Waals surface area (Å²) in [4.78, 5) is 31.5. The number of carbonyl (C=O) groups is 2. The molecule has 190 valence electrons. The number of nitrogen functional groups attached to an aromatic ring is 1. The fraction of sp³-hybridized carbons (Fsp3) is 0.269. The van der Waals surface area contributed by atoms with E-state index < -0.39 is 23.6 Å². The van der Waals surface area contributed by atoms with E-state index in [0.717, 1.165) is 29.0 Å². The quantitative estimate of drug-likeness (QED) is 0.376. The van der Waals surface area contributed by atoms with Gasteiger partial charge in [0, 0.05) is 25.7 Å². The van der Waals surface area contributed by atoms with Crippen molar-refractivity contribution in [3.8, 4) is 5.75 Å². The molecule has 1 heterocycles. The maximum Gasteiger partial charge on any atom is 0.243 e. The number of nitrogens with two attached hydrogens (primary N) is 1. The molecule has 3 aromatic rings. The number of amides is 2. The van der Waals surface area contributed by atoms with Crippen LogP contribution in [-0.4, -0.2) is 48.4 Å². The summed E-state index contributed by atoms with van der Waals surface area (Å²) < 4.78 is 32.2. The first-order valence-electron chi connectivity index (χ1n) is 11.3. The lowest BCUT2D eigenvalue weighted by molar-refractivity contribution is -0.129. The van der Waals surface area contributed by atoms with Crippen molar-refractivity contribution in [3.05, 3.63) is 89.1 Å². The van der Waals surface area contributed by atoms with E-state index in [4.69, 9.17) is 10.5 Å². The third-order valence-corrected chi connectivity index (χ3v) is 5.41.